The summed E-state index contributed by atoms with van der Waals surface area (Å²) in [6.45, 7) is 1.66. The Balaban J connectivity index is 1.69. The number of aromatic amines is 1. The first kappa shape index (κ1) is 13.1. The summed E-state index contributed by atoms with van der Waals surface area (Å²) in [6.07, 6.45) is 0.802. The smallest absolute Gasteiger partial charge is 0.267 e. The van der Waals surface area contributed by atoms with Gasteiger partial charge in [-0.2, -0.15) is 0 Å². The highest BCUT2D eigenvalue weighted by atomic mass is 16.5. The van der Waals surface area contributed by atoms with Crippen LogP contribution < -0.4 is 5.32 Å². The molecular weight excluding hydrogens is 256 g/mol. The third-order valence-corrected chi connectivity index (χ3v) is 3.85. The van der Waals surface area contributed by atoms with Gasteiger partial charge in [-0.15, -0.1) is 0 Å². The van der Waals surface area contributed by atoms with E-state index in [0.29, 0.717) is 25.5 Å². The highest BCUT2D eigenvalue weighted by Gasteiger charge is 2.35. The molecule has 1 aliphatic heterocycles. The number of hydrogen-bond donors (Lipinski definition) is 2. The number of carbonyl (C=O) groups is 1. The van der Waals surface area contributed by atoms with Crippen LogP contribution in [0, 0.1) is 0 Å². The maximum Gasteiger partial charge on any atom is 0.267 e. The molecule has 1 aliphatic rings. The summed E-state index contributed by atoms with van der Waals surface area (Å²) < 4.78 is 10.8. The van der Waals surface area contributed by atoms with Crippen molar-refractivity contribution in [3.8, 4) is 0 Å². The lowest BCUT2D eigenvalue weighted by Crippen LogP contribution is -2.45. The standard InChI is InChI=1S/C15H18N2O3/c1-19-15(6-7-20-10-15)9-16-14(18)13-8-11-4-2-3-5-12(11)17-13/h2-5,8,17H,6-7,9-10H2,1H3,(H,16,18). The number of hydrogen-bond acceptors (Lipinski definition) is 3. The van der Waals surface area contributed by atoms with Gasteiger partial charge in [-0.3, -0.25) is 4.79 Å². The quantitative estimate of drug-likeness (QED) is 0.892. The monoisotopic (exact) mass is 274 g/mol. The number of para-hydroxylation sites is 1. The molecule has 2 heterocycles. The molecule has 0 aliphatic carbocycles. The molecule has 1 atom stereocenters. The summed E-state index contributed by atoms with van der Waals surface area (Å²) in [5.74, 6) is -0.121. The van der Waals surface area contributed by atoms with Gasteiger partial charge in [-0.05, 0) is 12.1 Å². The van der Waals surface area contributed by atoms with Crippen molar-refractivity contribution in [2.45, 2.75) is 12.0 Å². The molecule has 1 saturated heterocycles. The highest BCUT2D eigenvalue weighted by Crippen LogP contribution is 2.21. The molecule has 5 heteroatoms. The number of rotatable bonds is 4. The second-order valence-electron chi connectivity index (χ2n) is 5.14. The third-order valence-electron chi connectivity index (χ3n) is 3.85. The maximum atomic E-state index is 12.2. The number of aromatic nitrogens is 1. The number of fused-ring (bicyclic) bond motifs is 1. The Labute approximate surface area is 117 Å². The zero-order chi connectivity index (χ0) is 14.0. The molecule has 1 aromatic carbocycles. The van der Waals surface area contributed by atoms with Gasteiger partial charge < -0.3 is 19.8 Å². The van der Waals surface area contributed by atoms with Crippen molar-refractivity contribution in [3.05, 3.63) is 36.0 Å². The van der Waals surface area contributed by atoms with Crippen LogP contribution in [0.15, 0.2) is 30.3 Å². The summed E-state index contributed by atoms with van der Waals surface area (Å²) in [6, 6.07) is 9.68. The minimum Gasteiger partial charge on any atom is -0.378 e. The van der Waals surface area contributed by atoms with Crippen LogP contribution in [0.1, 0.15) is 16.9 Å². The molecule has 20 heavy (non-hydrogen) atoms. The Morgan fingerprint density at radius 1 is 1.50 bits per heavy atom. The molecule has 106 valence electrons. The molecule has 0 saturated carbocycles. The lowest BCUT2D eigenvalue weighted by Gasteiger charge is -2.25. The Bertz CT molecular complexity index is 581. The van der Waals surface area contributed by atoms with Crippen LogP contribution in [0.25, 0.3) is 10.9 Å². The summed E-state index contributed by atoms with van der Waals surface area (Å²) in [4.78, 5) is 15.3. The molecule has 0 spiro atoms. The van der Waals surface area contributed by atoms with E-state index >= 15 is 0 Å². The van der Waals surface area contributed by atoms with Crippen molar-refractivity contribution in [1.29, 1.82) is 0 Å². The van der Waals surface area contributed by atoms with Crippen molar-refractivity contribution in [2.75, 3.05) is 26.9 Å². The first-order chi connectivity index (χ1) is 9.72. The first-order valence-electron chi connectivity index (χ1n) is 6.71. The zero-order valence-electron chi connectivity index (χ0n) is 11.4. The highest BCUT2D eigenvalue weighted by molar-refractivity contribution is 5.98. The number of methoxy groups -OCH3 is 1. The van der Waals surface area contributed by atoms with Crippen LogP contribution in [-0.2, 0) is 9.47 Å². The van der Waals surface area contributed by atoms with Gasteiger partial charge in [-0.25, -0.2) is 0 Å². The van der Waals surface area contributed by atoms with E-state index in [1.54, 1.807) is 7.11 Å². The van der Waals surface area contributed by atoms with Crippen molar-refractivity contribution >= 4 is 16.8 Å². The van der Waals surface area contributed by atoms with Crippen molar-refractivity contribution in [1.82, 2.24) is 10.3 Å². The van der Waals surface area contributed by atoms with E-state index in [-0.39, 0.29) is 11.5 Å². The van der Waals surface area contributed by atoms with E-state index in [0.717, 1.165) is 17.3 Å². The van der Waals surface area contributed by atoms with Crippen LogP contribution in [-0.4, -0.2) is 43.4 Å². The van der Waals surface area contributed by atoms with Crippen LogP contribution in [0.4, 0.5) is 0 Å². The van der Waals surface area contributed by atoms with Gasteiger partial charge in [0, 0.05) is 37.6 Å². The van der Waals surface area contributed by atoms with E-state index in [2.05, 4.69) is 10.3 Å². The Morgan fingerprint density at radius 3 is 3.05 bits per heavy atom. The fraction of sp³-hybridized carbons (Fsp3) is 0.400. The number of ether oxygens (including phenoxy) is 2. The normalized spacial score (nSPS) is 22.2. The predicted octanol–water partition coefficient (Wildman–Crippen LogP) is 1.70. The van der Waals surface area contributed by atoms with E-state index < -0.39 is 0 Å². The number of nitrogens with one attached hydrogen (secondary N) is 2. The van der Waals surface area contributed by atoms with Gasteiger partial charge in [0.05, 0.1) is 6.61 Å². The Kier molecular flexibility index (Phi) is 3.46. The number of H-pyrrole nitrogens is 1. The lowest BCUT2D eigenvalue weighted by atomic mass is 10.0. The van der Waals surface area contributed by atoms with Gasteiger partial charge >= 0.3 is 0 Å². The van der Waals surface area contributed by atoms with Gasteiger partial charge in [0.2, 0.25) is 0 Å². The molecule has 3 rings (SSSR count). The minimum atomic E-state index is -0.387. The number of amides is 1. The molecule has 1 fully saturated rings. The van der Waals surface area contributed by atoms with Gasteiger partial charge in [-0.1, -0.05) is 18.2 Å². The second-order valence-corrected chi connectivity index (χ2v) is 5.14. The Morgan fingerprint density at radius 2 is 2.35 bits per heavy atom. The summed E-state index contributed by atoms with van der Waals surface area (Å²) in [5, 5.41) is 3.95. The maximum absolute atomic E-state index is 12.2. The first-order valence-corrected chi connectivity index (χ1v) is 6.71. The molecule has 1 unspecified atom stereocenters. The molecule has 2 aromatic rings. The topological polar surface area (TPSA) is 63.3 Å². The number of carbonyl (C=O) groups excluding carboxylic acids is 1. The lowest BCUT2D eigenvalue weighted by molar-refractivity contribution is -0.0149. The van der Waals surface area contributed by atoms with E-state index in [4.69, 9.17) is 9.47 Å². The van der Waals surface area contributed by atoms with Crippen LogP contribution >= 0.6 is 0 Å². The largest absolute Gasteiger partial charge is 0.378 e. The molecule has 2 N–H and O–H groups in total. The average Bonchev–Trinajstić information content (AvgIpc) is 3.12. The molecule has 0 bridgehead atoms. The van der Waals surface area contributed by atoms with E-state index in [1.807, 2.05) is 30.3 Å². The molecule has 5 nitrogen and oxygen atoms in total. The molecular formula is C15H18N2O3. The minimum absolute atomic E-state index is 0.121. The third kappa shape index (κ3) is 2.42. The zero-order valence-corrected chi connectivity index (χ0v) is 11.4. The van der Waals surface area contributed by atoms with Crippen LogP contribution in [0.5, 0.6) is 0 Å². The van der Waals surface area contributed by atoms with Crippen LogP contribution in [0.2, 0.25) is 0 Å². The summed E-state index contributed by atoms with van der Waals surface area (Å²) in [5.41, 5.74) is 1.14. The van der Waals surface area contributed by atoms with Crippen molar-refractivity contribution in [3.63, 3.8) is 0 Å². The molecule has 0 radical (unpaired) electrons. The van der Waals surface area contributed by atoms with E-state index in [1.165, 1.54) is 0 Å². The van der Waals surface area contributed by atoms with Gasteiger partial charge in [0.15, 0.2) is 0 Å². The molecule has 1 amide bonds. The molecule has 1 aromatic heterocycles. The van der Waals surface area contributed by atoms with Crippen molar-refractivity contribution < 1.29 is 14.3 Å². The second kappa shape index (κ2) is 5.26. The average molecular weight is 274 g/mol. The SMILES string of the molecule is COC1(CNC(=O)c2cc3ccccc3[nH]2)CCOC1. The fourth-order valence-corrected chi connectivity index (χ4v) is 2.49. The fourth-order valence-electron chi connectivity index (χ4n) is 2.49. The number of benzene rings is 1. The van der Waals surface area contributed by atoms with E-state index in [9.17, 15) is 4.79 Å². The Hall–Kier alpha value is -1.85. The summed E-state index contributed by atoms with van der Waals surface area (Å²) in [7, 11) is 1.66. The summed E-state index contributed by atoms with van der Waals surface area (Å²) >= 11 is 0. The van der Waals surface area contributed by atoms with Crippen molar-refractivity contribution in [2.24, 2.45) is 0 Å². The predicted molar refractivity (Wildman–Crippen MR) is 75.8 cm³/mol. The van der Waals surface area contributed by atoms with Gasteiger partial charge in [0.25, 0.3) is 5.91 Å². The van der Waals surface area contributed by atoms with Gasteiger partial charge in [0.1, 0.15) is 11.3 Å². The van der Waals surface area contributed by atoms with Crippen LogP contribution in [0.3, 0.4) is 0 Å².